The van der Waals surface area contributed by atoms with Crippen molar-refractivity contribution < 1.29 is 29.0 Å². The van der Waals surface area contributed by atoms with Crippen LogP contribution in [0, 0.1) is 23.2 Å². The fraction of sp³-hybridized carbons (Fsp3) is 0.781. The zero-order valence-electron chi connectivity index (χ0n) is 25.8. The lowest BCUT2D eigenvalue weighted by molar-refractivity contribution is -0.162. The molecule has 8 nitrogen and oxygen atoms in total. The number of nitrogens with zero attached hydrogens (tertiary/aromatic N) is 2. The molecule has 0 radical (unpaired) electrons. The molecular weight excluding hydrogens is 508 g/mol. The first kappa shape index (κ1) is 32.3. The minimum absolute atomic E-state index is 0.0355. The van der Waals surface area contributed by atoms with Crippen LogP contribution in [-0.4, -0.2) is 81.8 Å². The summed E-state index contributed by atoms with van der Waals surface area (Å²) in [6.07, 6.45) is 7.59. The molecule has 0 aromatic rings. The predicted molar refractivity (Wildman–Crippen MR) is 155 cm³/mol. The molecule has 226 valence electrons. The second-order valence-electron chi connectivity index (χ2n) is 14.1. The third-order valence-electron chi connectivity index (χ3n) is 9.22. The molecule has 3 rings (SSSR count). The quantitative estimate of drug-likeness (QED) is 0.191. The van der Waals surface area contributed by atoms with Crippen molar-refractivity contribution in [1.82, 2.24) is 9.80 Å². The highest BCUT2D eigenvalue weighted by Gasteiger charge is 2.80. The standard InChI is InChI=1S/C32H52N2O6/c1-10-16-34(30(7,8)21-29(4,5)6)27(37)25-32-20-22(3)31(9,40-32)24(28(38)39-19-11-2)23(32)26(36)33(25)17-14-12-13-15-18-35/h10-11,22-25,35H,1-2,12-21H2,3-9H3/t22?,23-,24+,25?,31-,32?/m0/s1. The van der Waals surface area contributed by atoms with Gasteiger partial charge in [-0.2, -0.15) is 0 Å². The number of aliphatic hydroxyl groups excluding tert-OH is 1. The lowest BCUT2D eigenvalue weighted by Gasteiger charge is -2.45. The van der Waals surface area contributed by atoms with E-state index in [2.05, 4.69) is 47.8 Å². The Kier molecular flexibility index (Phi) is 9.67. The lowest BCUT2D eigenvalue weighted by Crippen LogP contribution is -2.61. The summed E-state index contributed by atoms with van der Waals surface area (Å²) in [6, 6.07) is -0.844. The maximum absolute atomic E-state index is 14.8. The highest BCUT2D eigenvalue weighted by atomic mass is 16.6. The molecule has 3 aliphatic rings. The van der Waals surface area contributed by atoms with E-state index in [1.54, 1.807) is 11.0 Å². The zero-order chi connectivity index (χ0) is 30.1. The van der Waals surface area contributed by atoms with Crippen LogP contribution < -0.4 is 0 Å². The summed E-state index contributed by atoms with van der Waals surface area (Å²) in [6.45, 7) is 23.0. The number of hydrogen-bond donors (Lipinski definition) is 1. The summed E-state index contributed by atoms with van der Waals surface area (Å²) in [4.78, 5) is 46.1. The van der Waals surface area contributed by atoms with Gasteiger partial charge in [0.1, 0.15) is 24.2 Å². The molecule has 1 spiro atoms. The van der Waals surface area contributed by atoms with E-state index in [-0.39, 0.29) is 36.4 Å². The summed E-state index contributed by atoms with van der Waals surface area (Å²) < 4.78 is 12.3. The second-order valence-corrected chi connectivity index (χ2v) is 14.1. The van der Waals surface area contributed by atoms with Crippen molar-refractivity contribution in [3.63, 3.8) is 0 Å². The van der Waals surface area contributed by atoms with Crippen molar-refractivity contribution in [2.24, 2.45) is 23.2 Å². The molecule has 2 amide bonds. The van der Waals surface area contributed by atoms with Crippen LogP contribution in [0.25, 0.3) is 0 Å². The van der Waals surface area contributed by atoms with Gasteiger partial charge in [-0.15, -0.1) is 6.58 Å². The summed E-state index contributed by atoms with van der Waals surface area (Å²) in [5, 5.41) is 9.18. The molecule has 2 bridgehead atoms. The van der Waals surface area contributed by atoms with Gasteiger partial charge in [0, 0.05) is 25.2 Å². The van der Waals surface area contributed by atoms with E-state index in [1.165, 1.54) is 6.08 Å². The number of rotatable bonds is 14. The van der Waals surface area contributed by atoms with Crippen LogP contribution >= 0.6 is 0 Å². The van der Waals surface area contributed by atoms with Crippen LogP contribution in [0.1, 0.15) is 87.0 Å². The number of amides is 2. The van der Waals surface area contributed by atoms with Crippen molar-refractivity contribution in [3.8, 4) is 0 Å². The van der Waals surface area contributed by atoms with Crippen LogP contribution in [0.3, 0.4) is 0 Å². The Bertz CT molecular complexity index is 986. The van der Waals surface area contributed by atoms with Gasteiger partial charge in [0.05, 0.1) is 11.5 Å². The van der Waals surface area contributed by atoms with Gasteiger partial charge >= 0.3 is 5.97 Å². The van der Waals surface area contributed by atoms with Gasteiger partial charge in [0.15, 0.2) is 0 Å². The second kappa shape index (κ2) is 12.0. The number of fused-ring (bicyclic) bond motifs is 1. The number of likely N-dealkylation sites (tertiary alicyclic amines) is 1. The van der Waals surface area contributed by atoms with Crippen molar-refractivity contribution in [2.75, 3.05) is 26.3 Å². The number of esters is 1. The molecule has 0 saturated carbocycles. The van der Waals surface area contributed by atoms with Crippen molar-refractivity contribution in [1.29, 1.82) is 0 Å². The van der Waals surface area contributed by atoms with Gasteiger partial charge in [-0.3, -0.25) is 14.4 Å². The number of carbonyl (C=O) groups excluding carboxylic acids is 3. The van der Waals surface area contributed by atoms with E-state index in [9.17, 15) is 19.5 Å². The van der Waals surface area contributed by atoms with Crippen LogP contribution in [0.4, 0.5) is 0 Å². The van der Waals surface area contributed by atoms with E-state index in [0.717, 1.165) is 19.3 Å². The number of carbonyl (C=O) groups is 3. The first-order chi connectivity index (χ1) is 18.6. The topological polar surface area (TPSA) is 96.4 Å². The molecule has 3 saturated heterocycles. The molecule has 3 fully saturated rings. The minimum Gasteiger partial charge on any atom is -0.461 e. The average molecular weight is 561 g/mol. The smallest absolute Gasteiger partial charge is 0.313 e. The molecule has 8 heteroatoms. The number of hydrogen-bond acceptors (Lipinski definition) is 6. The summed E-state index contributed by atoms with van der Waals surface area (Å²) >= 11 is 0. The lowest BCUT2D eigenvalue weighted by atomic mass is 9.62. The van der Waals surface area contributed by atoms with Gasteiger partial charge in [0.2, 0.25) is 11.8 Å². The normalized spacial score (nSPS) is 31.3. The fourth-order valence-electron chi connectivity index (χ4n) is 7.90. The van der Waals surface area contributed by atoms with E-state index >= 15 is 0 Å². The SMILES string of the molecule is C=CCOC(=O)[C@H]1[C@H]2C(=O)N(CCCCCCO)C(C(=O)N(CC=C)C(C)(C)CC(C)(C)C)C23CC(C)[C@]1(C)O3. The first-order valence-electron chi connectivity index (χ1n) is 14.9. The summed E-state index contributed by atoms with van der Waals surface area (Å²) in [7, 11) is 0. The highest BCUT2D eigenvalue weighted by molar-refractivity contribution is 5.98. The van der Waals surface area contributed by atoms with Crippen LogP contribution in [0.15, 0.2) is 25.3 Å². The number of ether oxygens (including phenoxy) is 2. The largest absolute Gasteiger partial charge is 0.461 e. The molecular formula is C32H52N2O6. The maximum Gasteiger partial charge on any atom is 0.313 e. The third kappa shape index (κ3) is 5.76. The molecule has 0 aliphatic carbocycles. The van der Waals surface area contributed by atoms with Gasteiger partial charge in [-0.25, -0.2) is 0 Å². The minimum atomic E-state index is -1.11. The van der Waals surface area contributed by atoms with E-state index in [0.29, 0.717) is 32.4 Å². The summed E-state index contributed by atoms with van der Waals surface area (Å²) in [5.74, 6) is -2.46. The molecule has 40 heavy (non-hydrogen) atoms. The van der Waals surface area contributed by atoms with Crippen LogP contribution in [-0.2, 0) is 23.9 Å². The Hall–Kier alpha value is -2.19. The van der Waals surface area contributed by atoms with E-state index < -0.39 is 40.6 Å². The molecule has 3 heterocycles. The number of unbranched alkanes of at least 4 members (excludes halogenated alkanes) is 3. The Balaban J connectivity index is 2.08. The van der Waals surface area contributed by atoms with Crippen molar-refractivity contribution >= 4 is 17.8 Å². The first-order valence-corrected chi connectivity index (χ1v) is 14.9. The van der Waals surface area contributed by atoms with Gasteiger partial charge in [0.25, 0.3) is 0 Å². The third-order valence-corrected chi connectivity index (χ3v) is 9.22. The summed E-state index contributed by atoms with van der Waals surface area (Å²) in [5.41, 5.74) is -2.56. The highest BCUT2D eigenvalue weighted by Crippen LogP contribution is 2.65. The van der Waals surface area contributed by atoms with Crippen molar-refractivity contribution in [2.45, 2.75) is 110 Å². The Morgan fingerprint density at radius 1 is 1.15 bits per heavy atom. The maximum atomic E-state index is 14.8. The van der Waals surface area contributed by atoms with Crippen LogP contribution in [0.5, 0.6) is 0 Å². The molecule has 6 atom stereocenters. The molecule has 3 aliphatic heterocycles. The molecule has 0 aromatic heterocycles. The molecule has 0 aromatic carbocycles. The molecule has 1 N–H and O–H groups in total. The van der Waals surface area contributed by atoms with Gasteiger partial charge in [-0.05, 0) is 57.8 Å². The Labute approximate surface area is 241 Å². The Morgan fingerprint density at radius 2 is 1.80 bits per heavy atom. The van der Waals surface area contributed by atoms with Gasteiger partial charge in [-0.1, -0.05) is 59.3 Å². The van der Waals surface area contributed by atoms with Crippen LogP contribution in [0.2, 0.25) is 0 Å². The van der Waals surface area contributed by atoms with E-state index in [1.807, 2.05) is 18.7 Å². The van der Waals surface area contributed by atoms with Gasteiger partial charge < -0.3 is 24.4 Å². The Morgan fingerprint density at radius 3 is 2.38 bits per heavy atom. The monoisotopic (exact) mass is 560 g/mol. The zero-order valence-corrected chi connectivity index (χ0v) is 25.8. The number of aliphatic hydroxyl groups is 1. The van der Waals surface area contributed by atoms with Crippen molar-refractivity contribution in [3.05, 3.63) is 25.3 Å². The predicted octanol–water partition coefficient (Wildman–Crippen LogP) is 4.51. The molecule has 3 unspecified atom stereocenters. The average Bonchev–Trinajstić information content (AvgIpc) is 3.35. The van der Waals surface area contributed by atoms with E-state index in [4.69, 9.17) is 9.47 Å². The fourth-order valence-corrected chi connectivity index (χ4v) is 7.90.